The predicted molar refractivity (Wildman–Crippen MR) is 97.2 cm³/mol. The molecule has 0 atom stereocenters. The number of hydrogen-bond donors (Lipinski definition) is 2. The average Bonchev–Trinajstić information content (AvgIpc) is 2.62. The molecule has 3 rings (SSSR count). The summed E-state index contributed by atoms with van der Waals surface area (Å²) in [6.45, 7) is 0.308. The highest BCUT2D eigenvalue weighted by Gasteiger charge is 2.23. The Kier molecular flexibility index (Phi) is 5.06. The van der Waals surface area contributed by atoms with Crippen LogP contribution in [0.25, 0.3) is 0 Å². The molecule has 25 heavy (non-hydrogen) atoms. The zero-order valence-corrected chi connectivity index (χ0v) is 13.8. The van der Waals surface area contributed by atoms with Crippen LogP contribution in [0.2, 0.25) is 5.02 Å². The molecule has 0 spiro atoms. The molecule has 0 aliphatic carbocycles. The summed E-state index contributed by atoms with van der Waals surface area (Å²) in [6.07, 6.45) is 1.27. The van der Waals surface area contributed by atoms with Crippen LogP contribution in [-0.2, 0) is 6.54 Å². The summed E-state index contributed by atoms with van der Waals surface area (Å²) in [5.41, 5.74) is 1.29. The van der Waals surface area contributed by atoms with Gasteiger partial charge in [0.2, 0.25) is 11.6 Å². The maximum Gasteiger partial charge on any atom is 0.353 e. The first-order chi connectivity index (χ1) is 12.1. The molecule has 0 bridgehead atoms. The van der Waals surface area contributed by atoms with Crippen molar-refractivity contribution in [2.75, 3.05) is 10.6 Å². The highest BCUT2D eigenvalue weighted by molar-refractivity contribution is 6.31. The maximum atomic E-state index is 11.5. The molecule has 0 aliphatic rings. The number of halogens is 1. The van der Waals surface area contributed by atoms with Crippen molar-refractivity contribution in [1.29, 1.82) is 0 Å². The SMILES string of the molecule is O=[N+]([O-])c1c(NCc2ccccc2Cl)ncnc1Nc1ccccc1. The van der Waals surface area contributed by atoms with Gasteiger partial charge in [0.15, 0.2) is 0 Å². The monoisotopic (exact) mass is 355 g/mol. The number of hydrogen-bond acceptors (Lipinski definition) is 6. The predicted octanol–water partition coefficient (Wildman–Crippen LogP) is 4.39. The lowest BCUT2D eigenvalue weighted by Gasteiger charge is -2.10. The Hall–Kier alpha value is -3.19. The van der Waals surface area contributed by atoms with Gasteiger partial charge in [-0.25, -0.2) is 9.97 Å². The highest BCUT2D eigenvalue weighted by Crippen LogP contribution is 2.31. The average molecular weight is 356 g/mol. The summed E-state index contributed by atoms with van der Waals surface area (Å²) in [6, 6.07) is 16.4. The Labute approximate surface area is 148 Å². The van der Waals surface area contributed by atoms with Crippen LogP contribution in [0.5, 0.6) is 0 Å². The standard InChI is InChI=1S/C17H14ClN5O2/c18-14-9-5-4-6-12(14)10-19-16-15(23(24)25)17(21-11-20-16)22-13-7-2-1-3-8-13/h1-9,11H,10H2,(H2,19,20,21,22). The number of nitro groups is 1. The minimum absolute atomic E-state index is 0.118. The van der Waals surface area contributed by atoms with Crippen LogP contribution in [0, 0.1) is 10.1 Å². The van der Waals surface area contributed by atoms with Gasteiger partial charge in [-0.1, -0.05) is 48.0 Å². The summed E-state index contributed by atoms with van der Waals surface area (Å²) >= 11 is 6.11. The van der Waals surface area contributed by atoms with Gasteiger partial charge in [0, 0.05) is 17.3 Å². The van der Waals surface area contributed by atoms with Gasteiger partial charge in [-0.3, -0.25) is 10.1 Å². The van der Waals surface area contributed by atoms with Crippen molar-refractivity contribution < 1.29 is 4.92 Å². The fraction of sp³-hybridized carbons (Fsp3) is 0.0588. The van der Waals surface area contributed by atoms with Crippen LogP contribution in [0.3, 0.4) is 0 Å². The summed E-state index contributed by atoms with van der Waals surface area (Å²) in [4.78, 5) is 19.0. The van der Waals surface area contributed by atoms with Crippen molar-refractivity contribution in [2.24, 2.45) is 0 Å². The summed E-state index contributed by atoms with van der Waals surface area (Å²) in [5.74, 6) is 0.242. The smallest absolute Gasteiger partial charge is 0.353 e. The van der Waals surface area contributed by atoms with E-state index in [4.69, 9.17) is 11.6 Å². The maximum absolute atomic E-state index is 11.5. The second kappa shape index (κ2) is 7.59. The number of rotatable bonds is 6. The van der Waals surface area contributed by atoms with Gasteiger partial charge in [-0.2, -0.15) is 0 Å². The minimum Gasteiger partial charge on any atom is -0.360 e. The lowest BCUT2D eigenvalue weighted by Crippen LogP contribution is -2.08. The van der Waals surface area contributed by atoms with Crippen LogP contribution in [0.15, 0.2) is 60.9 Å². The van der Waals surface area contributed by atoms with Crippen molar-refractivity contribution in [1.82, 2.24) is 9.97 Å². The van der Waals surface area contributed by atoms with Crippen LogP contribution >= 0.6 is 11.6 Å². The fourth-order valence-electron chi connectivity index (χ4n) is 2.25. The van der Waals surface area contributed by atoms with Gasteiger partial charge in [-0.15, -0.1) is 0 Å². The molecule has 0 fully saturated rings. The van der Waals surface area contributed by atoms with E-state index in [1.54, 1.807) is 18.2 Å². The third-order valence-corrected chi connectivity index (χ3v) is 3.81. The Morgan fingerprint density at radius 2 is 1.68 bits per heavy atom. The van der Waals surface area contributed by atoms with E-state index in [9.17, 15) is 10.1 Å². The number of para-hydroxylation sites is 1. The van der Waals surface area contributed by atoms with Crippen LogP contribution in [0.1, 0.15) is 5.56 Å². The third kappa shape index (κ3) is 4.02. The molecule has 0 radical (unpaired) electrons. The summed E-state index contributed by atoms with van der Waals surface area (Å²) in [7, 11) is 0. The second-order valence-electron chi connectivity index (χ2n) is 5.11. The van der Waals surface area contributed by atoms with E-state index in [-0.39, 0.29) is 17.3 Å². The molecule has 126 valence electrons. The van der Waals surface area contributed by atoms with Gasteiger partial charge in [0.1, 0.15) is 6.33 Å². The van der Waals surface area contributed by atoms with Gasteiger partial charge >= 0.3 is 5.69 Å². The molecule has 3 aromatic rings. The van der Waals surface area contributed by atoms with E-state index < -0.39 is 4.92 Å². The second-order valence-corrected chi connectivity index (χ2v) is 5.52. The molecule has 1 aromatic heterocycles. The van der Waals surface area contributed by atoms with Crippen molar-refractivity contribution in [3.8, 4) is 0 Å². The number of anilines is 3. The van der Waals surface area contributed by atoms with E-state index in [0.29, 0.717) is 17.3 Å². The molecule has 0 unspecified atom stereocenters. The topological polar surface area (TPSA) is 93.0 Å². The Balaban J connectivity index is 1.87. The quantitative estimate of drug-likeness (QED) is 0.503. The largest absolute Gasteiger partial charge is 0.360 e. The molecule has 0 saturated heterocycles. The normalized spacial score (nSPS) is 10.3. The Bertz CT molecular complexity index is 889. The van der Waals surface area contributed by atoms with Gasteiger partial charge < -0.3 is 10.6 Å². The number of nitrogens with zero attached hydrogens (tertiary/aromatic N) is 3. The molecule has 0 amide bonds. The Morgan fingerprint density at radius 3 is 2.40 bits per heavy atom. The van der Waals surface area contributed by atoms with Crippen molar-refractivity contribution >= 4 is 34.6 Å². The van der Waals surface area contributed by atoms with E-state index >= 15 is 0 Å². The molecule has 2 N–H and O–H groups in total. The fourth-order valence-corrected chi connectivity index (χ4v) is 2.45. The third-order valence-electron chi connectivity index (χ3n) is 3.45. The van der Waals surface area contributed by atoms with E-state index in [2.05, 4.69) is 20.6 Å². The molecule has 8 heteroatoms. The summed E-state index contributed by atoms with van der Waals surface area (Å²) in [5, 5.41) is 18.0. The number of nitrogens with one attached hydrogen (secondary N) is 2. The lowest BCUT2D eigenvalue weighted by atomic mass is 10.2. The molecule has 1 heterocycles. The number of benzene rings is 2. The van der Waals surface area contributed by atoms with Crippen molar-refractivity contribution in [3.05, 3.63) is 81.6 Å². The first-order valence-electron chi connectivity index (χ1n) is 7.44. The van der Waals surface area contributed by atoms with Gasteiger partial charge in [0.25, 0.3) is 0 Å². The van der Waals surface area contributed by atoms with Crippen LogP contribution in [-0.4, -0.2) is 14.9 Å². The first-order valence-corrected chi connectivity index (χ1v) is 7.81. The van der Waals surface area contributed by atoms with Gasteiger partial charge in [-0.05, 0) is 23.8 Å². The van der Waals surface area contributed by atoms with E-state index in [1.165, 1.54) is 6.33 Å². The zero-order valence-electron chi connectivity index (χ0n) is 13.0. The lowest BCUT2D eigenvalue weighted by molar-refractivity contribution is -0.383. The van der Waals surface area contributed by atoms with E-state index in [0.717, 1.165) is 5.56 Å². The highest BCUT2D eigenvalue weighted by atomic mass is 35.5. The molecular formula is C17H14ClN5O2. The van der Waals surface area contributed by atoms with Gasteiger partial charge in [0.05, 0.1) is 4.92 Å². The number of aromatic nitrogens is 2. The molecule has 7 nitrogen and oxygen atoms in total. The summed E-state index contributed by atoms with van der Waals surface area (Å²) < 4.78 is 0. The van der Waals surface area contributed by atoms with Crippen LogP contribution < -0.4 is 10.6 Å². The van der Waals surface area contributed by atoms with Crippen LogP contribution in [0.4, 0.5) is 23.0 Å². The molecule has 2 aromatic carbocycles. The first kappa shape index (κ1) is 16.7. The zero-order chi connectivity index (χ0) is 17.6. The van der Waals surface area contributed by atoms with E-state index in [1.807, 2.05) is 36.4 Å². The van der Waals surface area contributed by atoms with Crippen molar-refractivity contribution in [2.45, 2.75) is 6.54 Å². The Morgan fingerprint density at radius 1 is 1.00 bits per heavy atom. The molecule has 0 aliphatic heterocycles. The minimum atomic E-state index is -0.514. The van der Waals surface area contributed by atoms with Crippen molar-refractivity contribution in [3.63, 3.8) is 0 Å². The molecule has 0 saturated carbocycles. The molecular weight excluding hydrogens is 342 g/mol.